The third-order valence-corrected chi connectivity index (χ3v) is 2.89. The van der Waals surface area contributed by atoms with Crippen LogP contribution in [0.5, 0.6) is 0 Å². The second-order valence-electron chi connectivity index (χ2n) is 4.59. The summed E-state index contributed by atoms with van der Waals surface area (Å²) in [6.07, 6.45) is -3.21. The van der Waals surface area contributed by atoms with Crippen molar-refractivity contribution in [3.63, 3.8) is 0 Å². The van der Waals surface area contributed by atoms with E-state index in [1.807, 2.05) is 0 Å². The molecule has 23 heavy (non-hydrogen) atoms. The van der Waals surface area contributed by atoms with E-state index in [1.165, 1.54) is 24.5 Å². The fraction of sp³-hybridized carbons (Fsp3) is 0.200. The van der Waals surface area contributed by atoms with Gasteiger partial charge in [0.05, 0.1) is 11.8 Å². The Balaban J connectivity index is 1.93. The number of rotatable bonds is 4. The van der Waals surface area contributed by atoms with Crippen molar-refractivity contribution in [3.8, 4) is 0 Å². The molecule has 0 radical (unpaired) electrons. The number of ether oxygens (including phenoxy) is 1. The topological polar surface area (TPSA) is 68.5 Å². The summed E-state index contributed by atoms with van der Waals surface area (Å²) < 4.78 is 47.4. The van der Waals surface area contributed by atoms with Crippen molar-refractivity contribution in [3.05, 3.63) is 53.5 Å². The predicted molar refractivity (Wildman–Crippen MR) is 73.8 cm³/mol. The van der Waals surface area contributed by atoms with Gasteiger partial charge in [0.25, 0.3) is 5.91 Å². The standard InChI is InChI=1S/C15H12F3NO4/c1-9-12(5-6-22-9)14(21)23-8-13(20)19-11-4-2-3-10(7-11)15(16,17)18/h2-7H,8H2,1H3,(H,19,20). The van der Waals surface area contributed by atoms with E-state index in [9.17, 15) is 22.8 Å². The summed E-state index contributed by atoms with van der Waals surface area (Å²) in [5.41, 5.74) is -0.751. The predicted octanol–water partition coefficient (Wildman–Crippen LogP) is 3.40. The molecular weight excluding hydrogens is 315 g/mol. The average Bonchev–Trinajstić information content (AvgIpc) is 2.90. The number of furan rings is 1. The van der Waals surface area contributed by atoms with Crippen LogP contribution in [0, 0.1) is 6.92 Å². The minimum atomic E-state index is -4.51. The van der Waals surface area contributed by atoms with Gasteiger partial charge in [0.15, 0.2) is 6.61 Å². The molecule has 5 nitrogen and oxygen atoms in total. The van der Waals surface area contributed by atoms with Gasteiger partial charge in [-0.25, -0.2) is 4.79 Å². The third kappa shape index (κ3) is 4.35. The molecule has 1 N–H and O–H groups in total. The Labute approximate surface area is 129 Å². The summed E-state index contributed by atoms with van der Waals surface area (Å²) in [6.45, 7) is 0.930. The van der Waals surface area contributed by atoms with Crippen molar-refractivity contribution < 1.29 is 31.9 Å². The molecule has 0 aliphatic carbocycles. The van der Waals surface area contributed by atoms with Gasteiger partial charge < -0.3 is 14.5 Å². The number of anilines is 1. The van der Waals surface area contributed by atoms with Gasteiger partial charge >= 0.3 is 12.1 Å². The van der Waals surface area contributed by atoms with Gasteiger partial charge in [0.1, 0.15) is 11.3 Å². The Bertz CT molecular complexity index is 722. The highest BCUT2D eigenvalue weighted by Gasteiger charge is 2.30. The van der Waals surface area contributed by atoms with Crippen LogP contribution in [0.2, 0.25) is 0 Å². The molecule has 0 fully saturated rings. The number of hydrogen-bond donors (Lipinski definition) is 1. The summed E-state index contributed by atoms with van der Waals surface area (Å²) in [6, 6.07) is 5.54. The molecule has 2 aromatic rings. The number of alkyl halides is 3. The number of nitrogens with one attached hydrogen (secondary N) is 1. The number of hydrogen-bond acceptors (Lipinski definition) is 4. The number of carbonyl (C=O) groups is 2. The van der Waals surface area contributed by atoms with Crippen LogP contribution in [0.1, 0.15) is 21.7 Å². The lowest BCUT2D eigenvalue weighted by Gasteiger charge is -2.10. The average molecular weight is 327 g/mol. The van der Waals surface area contributed by atoms with Crippen LogP contribution in [0.25, 0.3) is 0 Å². The van der Waals surface area contributed by atoms with Gasteiger partial charge in [0.2, 0.25) is 0 Å². The Morgan fingerprint density at radius 2 is 2.00 bits per heavy atom. The van der Waals surface area contributed by atoms with E-state index >= 15 is 0 Å². The molecule has 1 aromatic heterocycles. The number of aryl methyl sites for hydroxylation is 1. The van der Waals surface area contributed by atoms with Crippen molar-refractivity contribution in [1.29, 1.82) is 0 Å². The smallest absolute Gasteiger partial charge is 0.416 e. The van der Waals surface area contributed by atoms with Crippen LogP contribution in [0.3, 0.4) is 0 Å². The van der Waals surface area contributed by atoms with Crippen LogP contribution in [0.15, 0.2) is 41.0 Å². The first-order valence-corrected chi connectivity index (χ1v) is 6.45. The summed E-state index contributed by atoms with van der Waals surface area (Å²) in [5.74, 6) is -1.16. The zero-order chi connectivity index (χ0) is 17.0. The van der Waals surface area contributed by atoms with Crippen molar-refractivity contribution in [2.24, 2.45) is 0 Å². The Kier molecular flexibility index (Phi) is 4.73. The van der Waals surface area contributed by atoms with Crippen LogP contribution >= 0.6 is 0 Å². The molecule has 8 heteroatoms. The van der Waals surface area contributed by atoms with E-state index in [2.05, 4.69) is 5.32 Å². The van der Waals surface area contributed by atoms with Crippen molar-refractivity contribution in [2.45, 2.75) is 13.1 Å². The molecule has 0 atom stereocenters. The van der Waals surface area contributed by atoms with E-state index in [4.69, 9.17) is 9.15 Å². The Morgan fingerprint density at radius 1 is 1.26 bits per heavy atom. The fourth-order valence-electron chi connectivity index (χ4n) is 1.78. The quantitative estimate of drug-likeness (QED) is 0.874. The van der Waals surface area contributed by atoms with Crippen LogP contribution < -0.4 is 5.32 Å². The number of benzene rings is 1. The minimum Gasteiger partial charge on any atom is -0.469 e. The van der Waals surface area contributed by atoms with Crippen LogP contribution in [-0.4, -0.2) is 18.5 Å². The maximum Gasteiger partial charge on any atom is 0.416 e. The molecular formula is C15H12F3NO4. The second-order valence-corrected chi connectivity index (χ2v) is 4.59. The SMILES string of the molecule is Cc1occc1C(=O)OCC(=O)Nc1cccc(C(F)(F)F)c1. The highest BCUT2D eigenvalue weighted by molar-refractivity contribution is 5.95. The van der Waals surface area contributed by atoms with Gasteiger partial charge in [-0.05, 0) is 31.2 Å². The molecule has 1 amide bonds. The zero-order valence-electron chi connectivity index (χ0n) is 11.9. The molecule has 0 unspecified atom stereocenters. The van der Waals surface area contributed by atoms with Gasteiger partial charge in [-0.3, -0.25) is 4.79 Å². The molecule has 0 saturated carbocycles. The van der Waals surface area contributed by atoms with Crippen LogP contribution in [-0.2, 0) is 15.7 Å². The Hall–Kier alpha value is -2.77. The fourth-order valence-corrected chi connectivity index (χ4v) is 1.78. The summed E-state index contributed by atoms with van der Waals surface area (Å²) in [5, 5.41) is 2.23. The molecule has 2 rings (SSSR count). The zero-order valence-corrected chi connectivity index (χ0v) is 11.9. The van der Waals surface area contributed by atoms with Crippen molar-refractivity contribution in [1.82, 2.24) is 0 Å². The lowest BCUT2D eigenvalue weighted by Crippen LogP contribution is -2.21. The lowest BCUT2D eigenvalue weighted by molar-refractivity contribution is -0.137. The molecule has 1 heterocycles. The second kappa shape index (κ2) is 6.55. The Morgan fingerprint density at radius 3 is 2.61 bits per heavy atom. The van der Waals surface area contributed by atoms with Crippen molar-refractivity contribution >= 4 is 17.6 Å². The maximum absolute atomic E-state index is 12.6. The van der Waals surface area contributed by atoms with Gasteiger partial charge in [-0.2, -0.15) is 13.2 Å². The first-order chi connectivity index (χ1) is 10.8. The van der Waals surface area contributed by atoms with E-state index in [0.717, 1.165) is 12.1 Å². The maximum atomic E-state index is 12.6. The number of halogens is 3. The normalized spacial score (nSPS) is 11.1. The molecule has 0 saturated heterocycles. The molecule has 0 aliphatic heterocycles. The van der Waals surface area contributed by atoms with Gasteiger partial charge in [0, 0.05) is 5.69 Å². The lowest BCUT2D eigenvalue weighted by atomic mass is 10.2. The number of carbonyl (C=O) groups excluding carboxylic acids is 2. The first-order valence-electron chi connectivity index (χ1n) is 6.45. The van der Waals surface area contributed by atoms with E-state index in [-0.39, 0.29) is 11.3 Å². The van der Waals surface area contributed by atoms with E-state index < -0.39 is 30.2 Å². The molecule has 122 valence electrons. The van der Waals surface area contributed by atoms with E-state index in [1.54, 1.807) is 6.92 Å². The molecule has 0 spiro atoms. The monoisotopic (exact) mass is 327 g/mol. The minimum absolute atomic E-state index is 0.0413. The summed E-state index contributed by atoms with van der Waals surface area (Å²) in [7, 11) is 0. The first kappa shape index (κ1) is 16.6. The van der Waals surface area contributed by atoms with Crippen molar-refractivity contribution in [2.75, 3.05) is 11.9 Å². The summed E-state index contributed by atoms with van der Waals surface area (Å²) in [4.78, 5) is 23.3. The summed E-state index contributed by atoms with van der Waals surface area (Å²) >= 11 is 0. The molecule has 0 aliphatic rings. The van der Waals surface area contributed by atoms with E-state index in [0.29, 0.717) is 5.76 Å². The third-order valence-electron chi connectivity index (χ3n) is 2.89. The van der Waals surface area contributed by atoms with Gasteiger partial charge in [-0.1, -0.05) is 6.07 Å². The number of amides is 1. The molecule has 1 aromatic carbocycles. The van der Waals surface area contributed by atoms with Crippen LogP contribution in [0.4, 0.5) is 18.9 Å². The largest absolute Gasteiger partial charge is 0.469 e. The molecule has 0 bridgehead atoms. The highest BCUT2D eigenvalue weighted by Crippen LogP contribution is 2.30. The van der Waals surface area contributed by atoms with Gasteiger partial charge in [-0.15, -0.1) is 0 Å². The highest BCUT2D eigenvalue weighted by atomic mass is 19.4. The number of esters is 1.